The molecule has 1 N–H and O–H groups in total. The smallest absolute Gasteiger partial charge is 0.259 e. The molecular weight excluding hydrogens is 372 g/mol. The fraction of sp³-hybridized carbons (Fsp3) is 0.154. The van der Waals surface area contributed by atoms with E-state index in [9.17, 15) is 9.59 Å². The summed E-state index contributed by atoms with van der Waals surface area (Å²) in [5, 5.41) is 3.03. The third-order valence-electron chi connectivity index (χ3n) is 5.62. The van der Waals surface area contributed by atoms with Gasteiger partial charge in [0, 0.05) is 16.8 Å². The van der Waals surface area contributed by atoms with Gasteiger partial charge in [-0.1, -0.05) is 79.4 Å². The second kappa shape index (κ2) is 7.99. The number of amides is 2. The molecular formula is C26H24N2O2. The molecule has 150 valence electrons. The van der Waals surface area contributed by atoms with Crippen LogP contribution in [0.15, 0.2) is 85.4 Å². The lowest BCUT2D eigenvalue weighted by Crippen LogP contribution is -2.45. The van der Waals surface area contributed by atoms with E-state index in [0.717, 1.165) is 22.3 Å². The van der Waals surface area contributed by atoms with Gasteiger partial charge in [-0.2, -0.15) is 0 Å². The van der Waals surface area contributed by atoms with Gasteiger partial charge in [-0.25, -0.2) is 0 Å². The maximum Gasteiger partial charge on any atom is 0.259 e. The first-order valence-corrected chi connectivity index (χ1v) is 10.0. The largest absolute Gasteiger partial charge is 0.348 e. The number of nitrogens with one attached hydrogen (secondary N) is 1. The third kappa shape index (κ3) is 3.52. The molecule has 0 saturated heterocycles. The minimum absolute atomic E-state index is 0.182. The van der Waals surface area contributed by atoms with Crippen LogP contribution in [0, 0.1) is 0 Å². The molecule has 0 saturated carbocycles. The molecule has 2 amide bonds. The second-order valence-corrected chi connectivity index (χ2v) is 7.56. The van der Waals surface area contributed by atoms with Gasteiger partial charge in [0.15, 0.2) is 0 Å². The molecule has 4 nitrogen and oxygen atoms in total. The Morgan fingerprint density at radius 2 is 1.40 bits per heavy atom. The average molecular weight is 396 g/mol. The maximum absolute atomic E-state index is 12.9. The predicted molar refractivity (Wildman–Crippen MR) is 120 cm³/mol. The highest BCUT2D eigenvalue weighted by molar-refractivity contribution is 6.10. The van der Waals surface area contributed by atoms with Crippen molar-refractivity contribution in [2.75, 3.05) is 0 Å². The monoisotopic (exact) mass is 396 g/mol. The zero-order valence-electron chi connectivity index (χ0n) is 17.1. The van der Waals surface area contributed by atoms with Gasteiger partial charge >= 0.3 is 0 Å². The lowest BCUT2D eigenvalue weighted by molar-refractivity contribution is -0.124. The van der Waals surface area contributed by atoms with Gasteiger partial charge < -0.3 is 5.32 Å². The van der Waals surface area contributed by atoms with Gasteiger partial charge in [0.25, 0.3) is 5.91 Å². The highest BCUT2D eigenvalue weighted by Gasteiger charge is 2.36. The standard InChI is InChI=1S/C26H24N2O2/c1-17(20-13-15-22(16-14-20)21-9-5-4-6-10-21)27-25(29)19(3)28-18(2)23-11-7-8-12-24(23)26(28)30/h4-17,19H,2H2,1,3H3,(H,27,29)/t17-,19+/m1/s1. The summed E-state index contributed by atoms with van der Waals surface area (Å²) in [4.78, 5) is 27.1. The van der Waals surface area contributed by atoms with Crippen LogP contribution in [0.2, 0.25) is 0 Å². The predicted octanol–water partition coefficient (Wildman–Crippen LogP) is 5.05. The van der Waals surface area contributed by atoms with E-state index in [2.05, 4.69) is 36.2 Å². The molecule has 2 atom stereocenters. The second-order valence-electron chi connectivity index (χ2n) is 7.56. The van der Waals surface area contributed by atoms with Crippen molar-refractivity contribution >= 4 is 17.5 Å². The van der Waals surface area contributed by atoms with E-state index in [-0.39, 0.29) is 17.9 Å². The van der Waals surface area contributed by atoms with Crippen LogP contribution < -0.4 is 5.32 Å². The van der Waals surface area contributed by atoms with E-state index in [1.807, 2.05) is 55.5 Å². The molecule has 0 spiro atoms. The quantitative estimate of drug-likeness (QED) is 0.656. The van der Waals surface area contributed by atoms with E-state index in [1.54, 1.807) is 13.0 Å². The lowest BCUT2D eigenvalue weighted by atomic mass is 10.0. The summed E-state index contributed by atoms with van der Waals surface area (Å²) in [6.07, 6.45) is 0. The number of rotatable bonds is 5. The van der Waals surface area contributed by atoms with Crippen molar-refractivity contribution in [1.82, 2.24) is 10.2 Å². The summed E-state index contributed by atoms with van der Waals surface area (Å²) in [5.41, 5.74) is 5.23. The molecule has 1 heterocycles. The summed E-state index contributed by atoms with van der Waals surface area (Å²) in [7, 11) is 0. The van der Waals surface area contributed by atoms with Crippen molar-refractivity contribution in [3.63, 3.8) is 0 Å². The van der Waals surface area contributed by atoms with E-state index in [0.29, 0.717) is 11.3 Å². The summed E-state index contributed by atoms with van der Waals surface area (Å²) in [6, 6.07) is 24.8. The molecule has 3 aromatic carbocycles. The Hall–Kier alpha value is -3.66. The van der Waals surface area contributed by atoms with Crippen LogP contribution in [0.5, 0.6) is 0 Å². The molecule has 1 aliphatic rings. The molecule has 1 aliphatic heterocycles. The highest BCUT2D eigenvalue weighted by atomic mass is 16.2. The number of carbonyl (C=O) groups is 2. The van der Waals surface area contributed by atoms with Crippen LogP contribution in [0.25, 0.3) is 16.8 Å². The topological polar surface area (TPSA) is 49.4 Å². The fourth-order valence-corrected chi connectivity index (χ4v) is 3.84. The first kappa shape index (κ1) is 19.6. The van der Waals surface area contributed by atoms with E-state index < -0.39 is 6.04 Å². The first-order chi connectivity index (χ1) is 14.5. The third-order valence-corrected chi connectivity index (χ3v) is 5.62. The molecule has 0 unspecified atom stereocenters. The molecule has 4 rings (SSSR count). The van der Waals surface area contributed by atoms with Crippen LogP contribution in [-0.2, 0) is 4.79 Å². The van der Waals surface area contributed by atoms with Gasteiger partial charge in [0.1, 0.15) is 6.04 Å². The molecule has 30 heavy (non-hydrogen) atoms. The zero-order valence-corrected chi connectivity index (χ0v) is 17.1. The van der Waals surface area contributed by atoms with Crippen LogP contribution in [0.1, 0.15) is 41.4 Å². The molecule has 0 bridgehead atoms. The number of fused-ring (bicyclic) bond motifs is 1. The van der Waals surface area contributed by atoms with Crippen LogP contribution in [-0.4, -0.2) is 22.8 Å². The van der Waals surface area contributed by atoms with Crippen molar-refractivity contribution in [2.45, 2.75) is 25.9 Å². The van der Waals surface area contributed by atoms with Gasteiger partial charge in [0.05, 0.1) is 6.04 Å². The first-order valence-electron chi connectivity index (χ1n) is 10.0. The van der Waals surface area contributed by atoms with Crippen LogP contribution in [0.3, 0.4) is 0 Å². The minimum Gasteiger partial charge on any atom is -0.348 e. The molecule has 0 fully saturated rings. The van der Waals surface area contributed by atoms with Gasteiger partial charge in [0.2, 0.25) is 5.91 Å². The SMILES string of the molecule is C=C1c2ccccc2C(=O)N1[C@@H](C)C(=O)N[C@H](C)c1ccc(-c2ccccc2)cc1. The minimum atomic E-state index is -0.650. The summed E-state index contributed by atoms with van der Waals surface area (Å²) < 4.78 is 0. The number of hydrogen-bond donors (Lipinski definition) is 1. The Morgan fingerprint density at radius 1 is 0.833 bits per heavy atom. The van der Waals surface area contributed by atoms with Crippen LogP contribution in [0.4, 0.5) is 0 Å². The summed E-state index contributed by atoms with van der Waals surface area (Å²) in [6.45, 7) is 7.71. The molecule has 0 radical (unpaired) electrons. The maximum atomic E-state index is 12.9. The Kier molecular flexibility index (Phi) is 5.23. The Labute approximate surface area is 176 Å². The average Bonchev–Trinajstić information content (AvgIpc) is 3.04. The van der Waals surface area contributed by atoms with E-state index in [1.165, 1.54) is 4.90 Å². The molecule has 0 aliphatic carbocycles. The van der Waals surface area contributed by atoms with Crippen molar-refractivity contribution in [3.8, 4) is 11.1 Å². The Balaban J connectivity index is 1.45. The number of nitrogens with zero attached hydrogens (tertiary/aromatic N) is 1. The molecule has 4 heteroatoms. The van der Waals surface area contributed by atoms with E-state index >= 15 is 0 Å². The Bertz CT molecular complexity index is 1070. The summed E-state index contributed by atoms with van der Waals surface area (Å²) in [5.74, 6) is -0.393. The Morgan fingerprint density at radius 3 is 2.03 bits per heavy atom. The van der Waals surface area contributed by atoms with Gasteiger partial charge in [-0.15, -0.1) is 0 Å². The summed E-state index contributed by atoms with van der Waals surface area (Å²) >= 11 is 0. The van der Waals surface area contributed by atoms with Crippen LogP contribution >= 0.6 is 0 Å². The van der Waals surface area contributed by atoms with Gasteiger partial charge in [-0.3, -0.25) is 14.5 Å². The van der Waals surface area contributed by atoms with Gasteiger partial charge in [-0.05, 0) is 36.6 Å². The van der Waals surface area contributed by atoms with Crippen molar-refractivity contribution < 1.29 is 9.59 Å². The fourth-order valence-electron chi connectivity index (χ4n) is 3.84. The zero-order chi connectivity index (χ0) is 21.3. The van der Waals surface area contributed by atoms with Crippen molar-refractivity contribution in [3.05, 3.63) is 102 Å². The number of benzene rings is 3. The van der Waals surface area contributed by atoms with Crippen molar-refractivity contribution in [2.24, 2.45) is 0 Å². The van der Waals surface area contributed by atoms with E-state index in [4.69, 9.17) is 0 Å². The molecule has 0 aromatic heterocycles. The van der Waals surface area contributed by atoms with Crippen molar-refractivity contribution in [1.29, 1.82) is 0 Å². The highest BCUT2D eigenvalue weighted by Crippen LogP contribution is 2.33. The molecule has 3 aromatic rings. The normalized spacial score (nSPS) is 14.9. The lowest BCUT2D eigenvalue weighted by Gasteiger charge is -2.26. The number of carbonyl (C=O) groups excluding carboxylic acids is 2. The number of hydrogen-bond acceptors (Lipinski definition) is 2.